The molecule has 0 aromatic carbocycles. The normalized spacial score (nSPS) is 60.3. The molecule has 0 N–H and O–H groups in total. The van der Waals surface area contributed by atoms with Crippen molar-refractivity contribution in [3.8, 4) is 0 Å². The van der Waals surface area contributed by atoms with E-state index in [4.69, 9.17) is 0 Å². The van der Waals surface area contributed by atoms with Crippen LogP contribution in [0.25, 0.3) is 0 Å². The van der Waals surface area contributed by atoms with E-state index in [2.05, 4.69) is 6.92 Å². The third kappa shape index (κ3) is 0.666. The lowest BCUT2D eigenvalue weighted by Gasteiger charge is -2.51. The zero-order chi connectivity index (χ0) is 7.47. The molecule has 3 aliphatic carbocycles. The smallest absolute Gasteiger partial charge is 0.0266 e. The second-order valence-corrected chi connectivity index (χ2v) is 5.37. The van der Waals surface area contributed by atoms with Gasteiger partial charge in [0.2, 0.25) is 0 Å². The summed E-state index contributed by atoms with van der Waals surface area (Å²) in [5.74, 6) is 3.43. The fraction of sp³-hybridized carbons (Fsp3) is 1.00. The molecule has 0 nitrogen and oxygen atoms in total. The van der Waals surface area contributed by atoms with E-state index in [-0.39, 0.29) is 0 Å². The molecule has 0 amide bonds. The van der Waals surface area contributed by atoms with Gasteiger partial charge in [-0.25, -0.2) is 0 Å². The summed E-state index contributed by atoms with van der Waals surface area (Å²) in [5.41, 5.74) is 0.834. The Labute approximate surface area is 69.4 Å². The molecule has 0 aromatic heterocycles. The lowest BCUT2D eigenvalue weighted by atomic mass is 9.54. The average molecular weight is 150 g/mol. The fourth-order valence-corrected chi connectivity index (χ4v) is 4.18. The minimum absolute atomic E-state index is 0.834. The van der Waals surface area contributed by atoms with E-state index in [1.54, 1.807) is 32.1 Å². The number of hydrogen-bond acceptors (Lipinski definition) is 0. The van der Waals surface area contributed by atoms with Crippen molar-refractivity contribution >= 4 is 0 Å². The highest BCUT2D eigenvalue weighted by molar-refractivity contribution is 5.06. The van der Waals surface area contributed by atoms with Gasteiger partial charge in [-0.2, -0.15) is 0 Å². The van der Waals surface area contributed by atoms with Crippen LogP contribution in [-0.4, -0.2) is 0 Å². The Balaban J connectivity index is 1.94. The monoisotopic (exact) mass is 150 g/mol. The zero-order valence-electron chi connectivity index (χ0n) is 7.47. The summed E-state index contributed by atoms with van der Waals surface area (Å²) in [6.07, 6.45) is 9.42. The van der Waals surface area contributed by atoms with Crippen molar-refractivity contribution in [2.45, 2.75) is 45.4 Å². The molecular formula is C11H18. The Morgan fingerprint density at radius 1 is 1.09 bits per heavy atom. The van der Waals surface area contributed by atoms with Gasteiger partial charge in [-0.1, -0.05) is 19.8 Å². The third-order valence-corrected chi connectivity index (χ3v) is 4.95. The van der Waals surface area contributed by atoms with Crippen molar-refractivity contribution in [2.24, 2.45) is 23.2 Å². The molecule has 0 heterocycles. The minimum Gasteiger partial charge on any atom is -0.0591 e. The van der Waals surface area contributed by atoms with Crippen molar-refractivity contribution in [2.75, 3.05) is 0 Å². The maximum Gasteiger partial charge on any atom is -0.0266 e. The largest absolute Gasteiger partial charge is 0.0591 e. The van der Waals surface area contributed by atoms with Crippen LogP contribution in [0.5, 0.6) is 0 Å². The summed E-state index contributed by atoms with van der Waals surface area (Å²) in [6, 6.07) is 0. The molecule has 0 aromatic rings. The van der Waals surface area contributed by atoms with Crippen molar-refractivity contribution < 1.29 is 0 Å². The first-order valence-corrected chi connectivity index (χ1v) is 5.29. The Kier molecular flexibility index (Phi) is 1.09. The molecule has 0 radical (unpaired) electrons. The molecule has 3 fully saturated rings. The van der Waals surface area contributed by atoms with Gasteiger partial charge in [0.25, 0.3) is 0 Å². The van der Waals surface area contributed by atoms with E-state index in [0.29, 0.717) is 0 Å². The third-order valence-electron chi connectivity index (χ3n) is 4.95. The predicted molar refractivity (Wildman–Crippen MR) is 46.3 cm³/mol. The van der Waals surface area contributed by atoms with Crippen LogP contribution in [0.15, 0.2) is 0 Å². The summed E-state index contributed by atoms with van der Waals surface area (Å²) in [5, 5.41) is 0. The standard InChI is InChI=1S/C11H18/c1-11-7-8-3-2-4-9(11)6-10(11)5-8/h8-10H,2-7H2,1H3. The summed E-state index contributed by atoms with van der Waals surface area (Å²) < 4.78 is 0. The molecule has 0 aliphatic heterocycles. The lowest BCUT2D eigenvalue weighted by molar-refractivity contribution is -0.0134. The first-order chi connectivity index (χ1) is 5.29. The molecule has 0 spiro atoms. The van der Waals surface area contributed by atoms with Crippen LogP contribution in [0.1, 0.15) is 45.4 Å². The van der Waals surface area contributed by atoms with E-state index in [1.807, 2.05) is 0 Å². The van der Waals surface area contributed by atoms with E-state index < -0.39 is 0 Å². The molecule has 3 aliphatic rings. The molecule has 2 bridgehead atoms. The van der Waals surface area contributed by atoms with E-state index in [0.717, 1.165) is 23.2 Å². The number of rotatable bonds is 0. The van der Waals surface area contributed by atoms with Gasteiger partial charge in [-0.05, 0) is 48.9 Å². The Bertz CT molecular complexity index is 182. The number of hydrogen-bond donors (Lipinski definition) is 0. The molecule has 0 saturated heterocycles. The Morgan fingerprint density at radius 3 is 2.91 bits per heavy atom. The maximum atomic E-state index is 2.57. The molecule has 3 saturated carbocycles. The van der Waals surface area contributed by atoms with Gasteiger partial charge in [0.05, 0.1) is 0 Å². The Morgan fingerprint density at radius 2 is 2.00 bits per heavy atom. The average Bonchev–Trinajstić information content (AvgIpc) is 2.06. The zero-order valence-corrected chi connectivity index (χ0v) is 7.47. The maximum absolute atomic E-state index is 2.57. The fourth-order valence-electron chi connectivity index (χ4n) is 4.18. The lowest BCUT2D eigenvalue weighted by Crippen LogP contribution is -2.42. The molecule has 11 heavy (non-hydrogen) atoms. The topological polar surface area (TPSA) is 0 Å². The molecule has 4 unspecified atom stereocenters. The first kappa shape index (κ1) is 6.51. The van der Waals surface area contributed by atoms with E-state index in [9.17, 15) is 0 Å². The van der Waals surface area contributed by atoms with E-state index >= 15 is 0 Å². The van der Waals surface area contributed by atoms with Crippen LogP contribution in [0.3, 0.4) is 0 Å². The van der Waals surface area contributed by atoms with Crippen LogP contribution in [-0.2, 0) is 0 Å². The first-order valence-electron chi connectivity index (χ1n) is 5.29. The highest BCUT2D eigenvalue weighted by atomic mass is 14.6. The highest BCUT2D eigenvalue weighted by Crippen LogP contribution is 2.66. The Hall–Kier alpha value is 0. The number of fused-ring (bicyclic) bond motifs is 1. The van der Waals surface area contributed by atoms with Gasteiger partial charge in [-0.3, -0.25) is 0 Å². The van der Waals surface area contributed by atoms with Gasteiger partial charge in [-0.15, -0.1) is 0 Å². The summed E-state index contributed by atoms with van der Waals surface area (Å²) in [4.78, 5) is 0. The molecule has 3 rings (SSSR count). The van der Waals surface area contributed by atoms with Crippen LogP contribution in [0.4, 0.5) is 0 Å². The molecular weight excluding hydrogens is 132 g/mol. The van der Waals surface area contributed by atoms with Crippen LogP contribution in [0.2, 0.25) is 0 Å². The second-order valence-electron chi connectivity index (χ2n) is 5.37. The van der Waals surface area contributed by atoms with Crippen LogP contribution in [0, 0.1) is 23.2 Å². The SMILES string of the molecule is CC12CC3CCCC1CC2C3. The van der Waals surface area contributed by atoms with Gasteiger partial charge < -0.3 is 0 Å². The van der Waals surface area contributed by atoms with Crippen LogP contribution < -0.4 is 0 Å². The summed E-state index contributed by atoms with van der Waals surface area (Å²) >= 11 is 0. The van der Waals surface area contributed by atoms with Gasteiger partial charge in [0, 0.05) is 0 Å². The van der Waals surface area contributed by atoms with Crippen molar-refractivity contribution in [1.82, 2.24) is 0 Å². The van der Waals surface area contributed by atoms with Crippen molar-refractivity contribution in [3.05, 3.63) is 0 Å². The minimum atomic E-state index is 0.834. The van der Waals surface area contributed by atoms with Crippen molar-refractivity contribution in [3.63, 3.8) is 0 Å². The van der Waals surface area contributed by atoms with Gasteiger partial charge in [0.1, 0.15) is 0 Å². The molecule has 0 heteroatoms. The predicted octanol–water partition coefficient (Wildman–Crippen LogP) is 3.22. The van der Waals surface area contributed by atoms with Gasteiger partial charge >= 0.3 is 0 Å². The second kappa shape index (κ2) is 1.84. The van der Waals surface area contributed by atoms with Crippen molar-refractivity contribution in [1.29, 1.82) is 0 Å². The molecule has 4 atom stereocenters. The quantitative estimate of drug-likeness (QED) is 0.497. The summed E-state index contributed by atoms with van der Waals surface area (Å²) in [7, 11) is 0. The van der Waals surface area contributed by atoms with E-state index in [1.165, 1.54) is 6.42 Å². The van der Waals surface area contributed by atoms with Gasteiger partial charge in [0.15, 0.2) is 0 Å². The highest BCUT2D eigenvalue weighted by Gasteiger charge is 2.57. The van der Waals surface area contributed by atoms with Crippen LogP contribution >= 0.6 is 0 Å². The summed E-state index contributed by atoms with van der Waals surface area (Å²) in [6.45, 7) is 2.57. The molecule has 62 valence electrons.